The van der Waals surface area contributed by atoms with E-state index in [0.29, 0.717) is 16.8 Å². The smallest absolute Gasteiger partial charge is 0.342 e. The fourth-order valence-electron chi connectivity index (χ4n) is 4.43. The Morgan fingerprint density at radius 2 is 1.88 bits per heavy atom. The largest absolute Gasteiger partial charge is 0.431 e. The van der Waals surface area contributed by atoms with E-state index in [4.69, 9.17) is 4.74 Å². The summed E-state index contributed by atoms with van der Waals surface area (Å²) in [6.45, 7) is 4.52. The third-order valence-electron chi connectivity index (χ3n) is 6.29. The maximum absolute atomic E-state index is 12.4. The van der Waals surface area contributed by atoms with Gasteiger partial charge in [-0.1, -0.05) is 63.9 Å². The third-order valence-corrected chi connectivity index (χ3v) is 8.73. The van der Waals surface area contributed by atoms with Gasteiger partial charge in [-0.05, 0) is 48.8 Å². The maximum Gasteiger partial charge on any atom is 0.342 e. The van der Waals surface area contributed by atoms with E-state index in [2.05, 4.69) is 45.7 Å². The molecule has 0 radical (unpaired) electrons. The first kappa shape index (κ1) is 19.8. The van der Waals surface area contributed by atoms with Gasteiger partial charge in [0.15, 0.2) is 0 Å². The molecule has 0 unspecified atom stereocenters. The summed E-state index contributed by atoms with van der Waals surface area (Å²) in [5, 5.41) is 0. The Hall–Kier alpha value is -0.940. The summed E-state index contributed by atoms with van der Waals surface area (Å²) in [7, 11) is 0. The Kier molecular flexibility index (Phi) is 5.78. The Labute approximate surface area is 171 Å². The highest BCUT2D eigenvalue weighted by Crippen LogP contribution is 2.62. The van der Waals surface area contributed by atoms with Crippen LogP contribution >= 0.6 is 31.9 Å². The van der Waals surface area contributed by atoms with Gasteiger partial charge in [0.25, 0.3) is 0 Å². The maximum atomic E-state index is 12.4. The molecular formula is C21H24Br2O3. The molecule has 1 spiro atoms. The van der Waals surface area contributed by atoms with Gasteiger partial charge >= 0.3 is 5.97 Å². The molecule has 3 nitrogen and oxygen atoms in total. The van der Waals surface area contributed by atoms with Crippen LogP contribution in [0.5, 0.6) is 0 Å². The molecule has 0 heterocycles. The molecule has 2 aliphatic rings. The van der Waals surface area contributed by atoms with Crippen molar-refractivity contribution in [3.8, 4) is 0 Å². The molecule has 140 valence electrons. The highest BCUT2D eigenvalue weighted by Gasteiger charge is 2.56. The van der Waals surface area contributed by atoms with Crippen molar-refractivity contribution >= 4 is 43.6 Å². The minimum Gasteiger partial charge on any atom is -0.431 e. The van der Waals surface area contributed by atoms with E-state index in [1.807, 2.05) is 18.2 Å². The van der Waals surface area contributed by atoms with Crippen molar-refractivity contribution in [2.45, 2.75) is 55.6 Å². The molecule has 1 aromatic carbocycles. The van der Waals surface area contributed by atoms with Crippen LogP contribution in [0.15, 0.2) is 42.2 Å². The molecule has 0 aromatic heterocycles. The number of halogens is 2. The minimum absolute atomic E-state index is 0.0387. The summed E-state index contributed by atoms with van der Waals surface area (Å²) in [5.74, 6) is -0.0712. The molecule has 0 aliphatic heterocycles. The molecule has 0 N–H and O–H groups in total. The number of Topliss-reactive ketones (excluding diaryl/α,β-unsaturated/α-hetero) is 1. The number of hydrogen-bond donors (Lipinski definition) is 0. The number of carbonyl (C=O) groups excluding carboxylic acids is 2. The average molecular weight is 484 g/mol. The number of benzene rings is 1. The standard InChI is InChI=1S/C21H24Br2O3/c1-20(2)18(23)9-8-15(21(20)11-10-17(24)16(22)12-21)13-26-19(25)14-6-4-3-5-7-14/h3-7,13,16,18H,8-12H2,1-2H3/b15-13+/t16-,18+,21-/m1/s1. The van der Waals surface area contributed by atoms with Gasteiger partial charge in [-0.25, -0.2) is 4.79 Å². The van der Waals surface area contributed by atoms with E-state index in [1.54, 1.807) is 18.4 Å². The number of esters is 1. The van der Waals surface area contributed by atoms with Crippen LogP contribution in [-0.4, -0.2) is 21.4 Å². The minimum atomic E-state index is -0.339. The molecule has 2 saturated carbocycles. The second-order valence-electron chi connectivity index (χ2n) is 7.86. The topological polar surface area (TPSA) is 43.4 Å². The van der Waals surface area contributed by atoms with Crippen molar-refractivity contribution in [2.24, 2.45) is 10.8 Å². The molecule has 2 fully saturated rings. The van der Waals surface area contributed by atoms with E-state index in [1.165, 1.54) is 0 Å². The van der Waals surface area contributed by atoms with Gasteiger partial charge in [0.1, 0.15) is 5.78 Å². The second-order valence-corrected chi connectivity index (χ2v) is 10.1. The highest BCUT2D eigenvalue weighted by atomic mass is 79.9. The SMILES string of the molecule is CC1(C)[C@@H](Br)CC/C(=C\OC(=O)c2ccccc2)[C@]12CCC(=O)[C@H](Br)C2. The van der Waals surface area contributed by atoms with Crippen molar-refractivity contribution in [3.05, 3.63) is 47.7 Å². The van der Waals surface area contributed by atoms with Crippen LogP contribution in [0.1, 0.15) is 56.3 Å². The summed E-state index contributed by atoms with van der Waals surface area (Å²) in [6, 6.07) is 9.03. The fraction of sp³-hybridized carbons (Fsp3) is 0.524. The third kappa shape index (κ3) is 3.45. The van der Waals surface area contributed by atoms with Gasteiger partial charge in [-0.15, -0.1) is 0 Å². The molecule has 26 heavy (non-hydrogen) atoms. The van der Waals surface area contributed by atoms with Crippen molar-refractivity contribution in [2.75, 3.05) is 0 Å². The number of carbonyl (C=O) groups is 2. The van der Waals surface area contributed by atoms with Crippen LogP contribution < -0.4 is 0 Å². The lowest BCUT2D eigenvalue weighted by Gasteiger charge is -2.56. The molecule has 5 heteroatoms. The van der Waals surface area contributed by atoms with E-state index in [0.717, 1.165) is 31.3 Å². The quantitative estimate of drug-likeness (QED) is 0.302. The lowest BCUT2D eigenvalue weighted by molar-refractivity contribution is -0.123. The van der Waals surface area contributed by atoms with Crippen LogP contribution in [0.2, 0.25) is 0 Å². The molecule has 0 amide bonds. The zero-order valence-electron chi connectivity index (χ0n) is 15.1. The number of alkyl halides is 2. The van der Waals surface area contributed by atoms with Gasteiger partial charge in [-0.3, -0.25) is 4.79 Å². The molecule has 0 bridgehead atoms. The zero-order valence-corrected chi connectivity index (χ0v) is 18.3. The lowest BCUT2D eigenvalue weighted by atomic mass is 9.50. The van der Waals surface area contributed by atoms with Crippen molar-refractivity contribution in [1.82, 2.24) is 0 Å². The molecular weight excluding hydrogens is 460 g/mol. The Bertz CT molecular complexity index is 726. The average Bonchev–Trinajstić information content (AvgIpc) is 2.63. The molecule has 3 atom stereocenters. The first-order valence-corrected chi connectivity index (χ1v) is 10.9. The van der Waals surface area contributed by atoms with Crippen LogP contribution in [0, 0.1) is 10.8 Å². The predicted molar refractivity (Wildman–Crippen MR) is 110 cm³/mol. The summed E-state index contributed by atoms with van der Waals surface area (Å²) < 4.78 is 5.57. The molecule has 2 aliphatic carbocycles. The van der Waals surface area contributed by atoms with E-state index >= 15 is 0 Å². The Balaban J connectivity index is 1.91. The number of rotatable bonds is 2. The Morgan fingerprint density at radius 1 is 1.19 bits per heavy atom. The van der Waals surface area contributed by atoms with Crippen LogP contribution in [0.4, 0.5) is 0 Å². The van der Waals surface area contributed by atoms with Crippen LogP contribution in [-0.2, 0) is 9.53 Å². The van der Waals surface area contributed by atoms with Gasteiger partial charge in [0.05, 0.1) is 16.7 Å². The van der Waals surface area contributed by atoms with Crippen LogP contribution in [0.25, 0.3) is 0 Å². The highest BCUT2D eigenvalue weighted by molar-refractivity contribution is 9.10. The second kappa shape index (κ2) is 7.59. The summed E-state index contributed by atoms with van der Waals surface area (Å²) in [6.07, 6.45) is 5.64. The monoisotopic (exact) mass is 482 g/mol. The first-order chi connectivity index (χ1) is 12.3. The van der Waals surface area contributed by atoms with Gasteiger partial charge in [0.2, 0.25) is 0 Å². The van der Waals surface area contributed by atoms with Crippen molar-refractivity contribution < 1.29 is 14.3 Å². The van der Waals surface area contributed by atoms with Crippen LogP contribution in [0.3, 0.4) is 0 Å². The van der Waals surface area contributed by atoms with E-state index in [9.17, 15) is 9.59 Å². The fourth-order valence-corrected chi connectivity index (χ4v) is 5.88. The number of allylic oxidation sites excluding steroid dienone is 1. The van der Waals surface area contributed by atoms with E-state index in [-0.39, 0.29) is 27.4 Å². The molecule has 1 aromatic rings. The number of ketones is 1. The number of hydrogen-bond acceptors (Lipinski definition) is 3. The molecule has 0 saturated heterocycles. The first-order valence-electron chi connectivity index (χ1n) is 9.04. The lowest BCUT2D eigenvalue weighted by Crippen LogP contribution is -2.52. The summed E-state index contributed by atoms with van der Waals surface area (Å²) in [4.78, 5) is 24.7. The number of ether oxygens (including phenoxy) is 1. The van der Waals surface area contributed by atoms with Crippen molar-refractivity contribution in [3.63, 3.8) is 0 Å². The Morgan fingerprint density at radius 3 is 2.54 bits per heavy atom. The van der Waals surface area contributed by atoms with Gasteiger partial charge < -0.3 is 4.74 Å². The summed E-state index contributed by atoms with van der Waals surface area (Å²) >= 11 is 7.44. The molecule has 3 rings (SSSR count). The predicted octanol–water partition coefficient (Wildman–Crippen LogP) is 5.81. The normalized spacial score (nSPS) is 32.6. The van der Waals surface area contributed by atoms with Gasteiger partial charge in [-0.2, -0.15) is 0 Å². The summed E-state index contributed by atoms with van der Waals surface area (Å²) in [5.41, 5.74) is 1.50. The van der Waals surface area contributed by atoms with E-state index < -0.39 is 0 Å². The van der Waals surface area contributed by atoms with Crippen molar-refractivity contribution in [1.29, 1.82) is 0 Å². The zero-order chi connectivity index (χ0) is 18.9. The van der Waals surface area contributed by atoms with Gasteiger partial charge in [0, 0.05) is 16.7 Å².